The molecule has 0 saturated heterocycles. The van der Waals surface area contributed by atoms with Gasteiger partial charge in [0.1, 0.15) is 5.76 Å². The first-order valence-electron chi connectivity index (χ1n) is 11.3. The molecule has 2 heteroatoms. The highest BCUT2D eigenvalue weighted by Gasteiger charge is 2.37. The molecule has 0 saturated carbocycles. The third kappa shape index (κ3) is 3.73. The van der Waals surface area contributed by atoms with Gasteiger partial charge in [-0.25, -0.2) is 0 Å². The van der Waals surface area contributed by atoms with E-state index in [1.165, 1.54) is 40.7 Å². The number of ketones is 1. The summed E-state index contributed by atoms with van der Waals surface area (Å²) in [6.45, 7) is 11.7. The van der Waals surface area contributed by atoms with Crippen molar-refractivity contribution in [1.29, 1.82) is 0 Å². The molecule has 2 aliphatic rings. The topological polar surface area (TPSA) is 37.3 Å². The molecule has 30 heavy (non-hydrogen) atoms. The third-order valence-electron chi connectivity index (χ3n) is 7.33. The quantitative estimate of drug-likeness (QED) is 0.603. The minimum atomic E-state index is 0.0573. The number of aliphatic hydroxyl groups excluding tert-OH is 1. The summed E-state index contributed by atoms with van der Waals surface area (Å²) in [6, 6.07) is 13.1. The third-order valence-corrected chi connectivity index (χ3v) is 7.33. The zero-order chi connectivity index (χ0) is 21.7. The number of rotatable bonds is 3. The summed E-state index contributed by atoms with van der Waals surface area (Å²) in [5.74, 6) is 0.302. The number of carbonyl (C=O) groups is 1. The molecule has 4 rings (SSSR count). The van der Waals surface area contributed by atoms with Crippen molar-refractivity contribution >= 4 is 11.4 Å². The predicted molar refractivity (Wildman–Crippen MR) is 124 cm³/mol. The minimum absolute atomic E-state index is 0.0573. The molecule has 0 bridgehead atoms. The van der Waals surface area contributed by atoms with Crippen LogP contribution < -0.4 is 0 Å². The van der Waals surface area contributed by atoms with Crippen LogP contribution >= 0.6 is 0 Å². The number of carbonyl (C=O) groups excluding carboxylic acids is 1. The smallest absolute Gasteiger partial charge is 0.166 e. The van der Waals surface area contributed by atoms with Crippen molar-refractivity contribution in [2.45, 2.75) is 84.0 Å². The highest BCUT2D eigenvalue weighted by Crippen LogP contribution is 2.46. The lowest BCUT2D eigenvalue weighted by Gasteiger charge is -2.42. The van der Waals surface area contributed by atoms with Gasteiger partial charge in [0.25, 0.3) is 0 Å². The Morgan fingerprint density at radius 1 is 0.900 bits per heavy atom. The SMILES string of the molecule is Cc1cc2c(cc1Cc1ccc(C3=C(O)CCCC3=O)cc1)C(C)(C)CCC2(C)C. The number of fused-ring (bicyclic) bond motifs is 1. The van der Waals surface area contributed by atoms with Gasteiger partial charge in [-0.3, -0.25) is 4.79 Å². The predicted octanol–water partition coefficient (Wildman–Crippen LogP) is 6.96. The summed E-state index contributed by atoms with van der Waals surface area (Å²) >= 11 is 0. The number of allylic oxidation sites excluding steroid dienone is 2. The van der Waals surface area contributed by atoms with Gasteiger partial charge in [0.05, 0.1) is 5.57 Å². The Bertz CT molecular complexity index is 1020. The Kier molecular flexibility index (Phi) is 5.16. The lowest BCUT2D eigenvalue weighted by molar-refractivity contribution is -0.114. The van der Waals surface area contributed by atoms with Crippen LogP contribution in [0.4, 0.5) is 0 Å². The minimum Gasteiger partial charge on any atom is -0.512 e. The van der Waals surface area contributed by atoms with Crippen molar-refractivity contribution < 1.29 is 9.90 Å². The van der Waals surface area contributed by atoms with Gasteiger partial charge >= 0.3 is 0 Å². The van der Waals surface area contributed by atoms with E-state index in [2.05, 4.69) is 58.9 Å². The van der Waals surface area contributed by atoms with Crippen LogP contribution in [0.2, 0.25) is 0 Å². The molecule has 0 aromatic heterocycles. The fraction of sp³-hybridized carbons (Fsp3) is 0.464. The van der Waals surface area contributed by atoms with Gasteiger partial charge < -0.3 is 5.11 Å². The van der Waals surface area contributed by atoms with Crippen LogP contribution in [0, 0.1) is 6.92 Å². The monoisotopic (exact) mass is 402 g/mol. The molecule has 0 atom stereocenters. The van der Waals surface area contributed by atoms with Gasteiger partial charge in [0.15, 0.2) is 5.78 Å². The number of aliphatic hydroxyl groups is 1. The highest BCUT2D eigenvalue weighted by molar-refractivity contribution is 6.21. The van der Waals surface area contributed by atoms with Crippen molar-refractivity contribution in [3.8, 4) is 0 Å². The molecule has 0 spiro atoms. The number of Topliss-reactive ketones (excluding diaryl/α,β-unsaturated/α-hetero) is 1. The first kappa shape index (κ1) is 20.9. The Morgan fingerprint density at radius 3 is 2.10 bits per heavy atom. The summed E-state index contributed by atoms with van der Waals surface area (Å²) in [4.78, 5) is 12.3. The number of hydrogen-bond acceptors (Lipinski definition) is 2. The zero-order valence-corrected chi connectivity index (χ0v) is 19.1. The van der Waals surface area contributed by atoms with E-state index in [1.54, 1.807) is 0 Å². The van der Waals surface area contributed by atoms with Crippen molar-refractivity contribution in [3.05, 3.63) is 75.5 Å². The summed E-state index contributed by atoms with van der Waals surface area (Å²) in [5.41, 5.74) is 8.77. The fourth-order valence-electron chi connectivity index (χ4n) is 5.12. The molecule has 2 aromatic carbocycles. The van der Waals surface area contributed by atoms with E-state index in [-0.39, 0.29) is 22.4 Å². The molecule has 0 radical (unpaired) electrons. The Balaban J connectivity index is 1.65. The maximum Gasteiger partial charge on any atom is 0.166 e. The van der Waals surface area contributed by atoms with Crippen molar-refractivity contribution in [2.75, 3.05) is 0 Å². The number of aryl methyl sites for hydroxylation is 1. The normalized spacial score (nSPS) is 20.2. The molecule has 1 N–H and O–H groups in total. The van der Waals surface area contributed by atoms with E-state index in [0.717, 1.165) is 18.4 Å². The van der Waals surface area contributed by atoms with Gasteiger partial charge in [-0.15, -0.1) is 0 Å². The molecule has 0 amide bonds. The average molecular weight is 403 g/mol. The van der Waals surface area contributed by atoms with Crippen LogP contribution in [-0.2, 0) is 22.0 Å². The average Bonchev–Trinajstić information content (AvgIpc) is 2.68. The molecular formula is C28H34O2. The molecule has 2 aromatic rings. The van der Waals surface area contributed by atoms with Crippen LogP contribution in [-0.4, -0.2) is 10.9 Å². The zero-order valence-electron chi connectivity index (χ0n) is 19.1. The van der Waals surface area contributed by atoms with E-state index in [0.29, 0.717) is 18.4 Å². The molecule has 2 nitrogen and oxygen atoms in total. The molecular weight excluding hydrogens is 368 g/mol. The van der Waals surface area contributed by atoms with Gasteiger partial charge in [-0.05, 0) is 76.8 Å². The van der Waals surface area contributed by atoms with Crippen LogP contribution in [0.25, 0.3) is 5.57 Å². The van der Waals surface area contributed by atoms with Crippen molar-refractivity contribution in [1.82, 2.24) is 0 Å². The Hall–Kier alpha value is -2.35. The van der Waals surface area contributed by atoms with Gasteiger partial charge in [0, 0.05) is 12.8 Å². The molecule has 0 fully saturated rings. The second kappa shape index (κ2) is 7.41. The molecule has 0 heterocycles. The number of benzene rings is 2. The Morgan fingerprint density at radius 2 is 1.50 bits per heavy atom. The van der Waals surface area contributed by atoms with Crippen LogP contribution in [0.5, 0.6) is 0 Å². The van der Waals surface area contributed by atoms with Crippen LogP contribution in [0.15, 0.2) is 42.2 Å². The molecule has 2 aliphatic carbocycles. The van der Waals surface area contributed by atoms with Crippen molar-refractivity contribution in [2.24, 2.45) is 0 Å². The summed E-state index contributed by atoms with van der Waals surface area (Å²) in [7, 11) is 0. The van der Waals surface area contributed by atoms with Gasteiger partial charge in [-0.1, -0.05) is 64.1 Å². The lowest BCUT2D eigenvalue weighted by Crippen LogP contribution is -2.34. The van der Waals surface area contributed by atoms with E-state index in [1.807, 2.05) is 12.1 Å². The largest absolute Gasteiger partial charge is 0.512 e. The second-order valence-electron chi connectivity index (χ2n) is 10.6. The Labute approximate surface area is 181 Å². The fourth-order valence-corrected chi connectivity index (χ4v) is 5.12. The molecule has 0 unspecified atom stereocenters. The summed E-state index contributed by atoms with van der Waals surface area (Å²) in [5, 5.41) is 10.2. The standard InChI is InChI=1S/C28H34O2/c1-18-15-22-23(28(4,5)14-13-27(22,2)3)17-21(18)16-19-9-11-20(12-10-19)26-24(29)7-6-8-25(26)30/h9-12,15,17,29H,6-8,13-14,16H2,1-5H3. The summed E-state index contributed by atoms with van der Waals surface area (Å²) < 4.78 is 0. The highest BCUT2D eigenvalue weighted by atomic mass is 16.3. The van der Waals surface area contributed by atoms with E-state index >= 15 is 0 Å². The number of hydrogen-bond donors (Lipinski definition) is 1. The summed E-state index contributed by atoms with van der Waals surface area (Å²) in [6.07, 6.45) is 5.21. The van der Waals surface area contributed by atoms with Crippen molar-refractivity contribution in [3.63, 3.8) is 0 Å². The first-order valence-corrected chi connectivity index (χ1v) is 11.3. The van der Waals surface area contributed by atoms with Crippen LogP contribution in [0.3, 0.4) is 0 Å². The van der Waals surface area contributed by atoms with Gasteiger partial charge in [-0.2, -0.15) is 0 Å². The molecule has 0 aliphatic heterocycles. The maximum absolute atomic E-state index is 12.3. The van der Waals surface area contributed by atoms with Crippen LogP contribution in [0.1, 0.15) is 93.2 Å². The van der Waals surface area contributed by atoms with Gasteiger partial charge in [0.2, 0.25) is 0 Å². The van der Waals surface area contributed by atoms with E-state index < -0.39 is 0 Å². The molecule has 158 valence electrons. The van der Waals surface area contributed by atoms with E-state index in [9.17, 15) is 9.90 Å². The maximum atomic E-state index is 12.3. The second-order valence-corrected chi connectivity index (χ2v) is 10.6. The first-order chi connectivity index (χ1) is 14.1. The van der Waals surface area contributed by atoms with E-state index in [4.69, 9.17) is 0 Å². The lowest BCUT2D eigenvalue weighted by atomic mass is 9.62.